The van der Waals surface area contributed by atoms with Gasteiger partial charge in [0, 0.05) is 14.1 Å². The van der Waals surface area contributed by atoms with Gasteiger partial charge in [-0.05, 0) is 12.1 Å². The molecular formula is C9H12N2O4. The van der Waals surface area contributed by atoms with Gasteiger partial charge in [-0.2, -0.15) is 0 Å². The molecule has 82 valence electrons. The summed E-state index contributed by atoms with van der Waals surface area (Å²) >= 11 is 0. The van der Waals surface area contributed by atoms with Gasteiger partial charge in [-0.1, -0.05) is 0 Å². The van der Waals surface area contributed by atoms with E-state index in [0.29, 0.717) is 5.06 Å². The third-order valence-electron chi connectivity index (χ3n) is 1.66. The monoisotopic (exact) mass is 212 g/mol. The smallest absolute Gasteiger partial charge is 0.351 e. The molecule has 0 N–H and O–H groups in total. The number of imide groups is 1. The van der Waals surface area contributed by atoms with Crippen LogP contribution in [0.25, 0.3) is 0 Å². The van der Waals surface area contributed by atoms with E-state index >= 15 is 0 Å². The predicted octanol–water partition coefficient (Wildman–Crippen LogP) is 0.965. The Hall–Kier alpha value is -1.82. The van der Waals surface area contributed by atoms with Gasteiger partial charge in [-0.25, -0.2) is 4.79 Å². The van der Waals surface area contributed by atoms with Crippen LogP contribution in [-0.4, -0.2) is 43.1 Å². The Morgan fingerprint density at radius 3 is 2.47 bits per heavy atom. The Labute approximate surface area is 87.0 Å². The zero-order valence-electron chi connectivity index (χ0n) is 8.76. The first-order chi connectivity index (χ1) is 7.07. The maximum Gasteiger partial charge on any atom is 0.351 e. The van der Waals surface area contributed by atoms with E-state index in [2.05, 4.69) is 0 Å². The molecule has 0 saturated carbocycles. The van der Waals surface area contributed by atoms with Crippen LogP contribution in [0.15, 0.2) is 22.8 Å². The number of nitrogens with zero attached hydrogens (tertiary/aromatic N) is 2. The van der Waals surface area contributed by atoms with E-state index in [4.69, 9.17) is 9.25 Å². The number of hydrogen-bond acceptors (Lipinski definition) is 4. The zero-order chi connectivity index (χ0) is 11.4. The molecule has 0 radical (unpaired) electrons. The SMILES string of the molecule is CON(C(=O)c1ccco1)C(=O)N(C)C. The fourth-order valence-electron chi connectivity index (χ4n) is 0.930. The Morgan fingerprint density at radius 1 is 1.40 bits per heavy atom. The minimum absolute atomic E-state index is 0.0482. The molecule has 0 fully saturated rings. The maximum absolute atomic E-state index is 11.6. The number of amides is 3. The second-order valence-corrected chi connectivity index (χ2v) is 2.94. The molecule has 1 rings (SSSR count). The van der Waals surface area contributed by atoms with E-state index < -0.39 is 11.9 Å². The molecule has 0 aromatic carbocycles. The van der Waals surface area contributed by atoms with Crippen molar-refractivity contribution in [1.82, 2.24) is 9.96 Å². The van der Waals surface area contributed by atoms with Gasteiger partial charge in [-0.15, -0.1) is 5.06 Å². The van der Waals surface area contributed by atoms with Crippen molar-refractivity contribution in [3.05, 3.63) is 24.2 Å². The molecule has 0 bridgehead atoms. The van der Waals surface area contributed by atoms with Crippen molar-refractivity contribution in [3.8, 4) is 0 Å². The first-order valence-electron chi connectivity index (χ1n) is 4.21. The zero-order valence-corrected chi connectivity index (χ0v) is 8.76. The number of hydroxylamine groups is 2. The van der Waals surface area contributed by atoms with Gasteiger partial charge in [0.15, 0.2) is 5.76 Å². The van der Waals surface area contributed by atoms with Crippen molar-refractivity contribution in [3.63, 3.8) is 0 Å². The van der Waals surface area contributed by atoms with Gasteiger partial charge in [0.25, 0.3) is 0 Å². The van der Waals surface area contributed by atoms with E-state index in [-0.39, 0.29) is 5.76 Å². The van der Waals surface area contributed by atoms with Gasteiger partial charge in [0.05, 0.1) is 13.4 Å². The summed E-state index contributed by atoms with van der Waals surface area (Å²) < 4.78 is 4.87. The Balaban J connectivity index is 2.84. The van der Waals surface area contributed by atoms with Crippen molar-refractivity contribution >= 4 is 11.9 Å². The first kappa shape index (κ1) is 11.3. The van der Waals surface area contributed by atoms with Crippen LogP contribution in [0.4, 0.5) is 4.79 Å². The van der Waals surface area contributed by atoms with Crippen LogP contribution < -0.4 is 0 Å². The molecule has 15 heavy (non-hydrogen) atoms. The van der Waals surface area contributed by atoms with Gasteiger partial charge in [-0.3, -0.25) is 9.63 Å². The summed E-state index contributed by atoms with van der Waals surface area (Å²) in [5.41, 5.74) is 0. The predicted molar refractivity (Wildman–Crippen MR) is 51.0 cm³/mol. The Kier molecular flexibility index (Phi) is 3.46. The Morgan fingerprint density at radius 2 is 2.07 bits per heavy atom. The summed E-state index contributed by atoms with van der Waals surface area (Å²) in [4.78, 5) is 29.0. The summed E-state index contributed by atoms with van der Waals surface area (Å²) in [5.74, 6) is -0.590. The molecular weight excluding hydrogens is 200 g/mol. The maximum atomic E-state index is 11.6. The summed E-state index contributed by atoms with van der Waals surface area (Å²) in [7, 11) is 4.27. The highest BCUT2D eigenvalue weighted by Crippen LogP contribution is 2.07. The van der Waals surface area contributed by atoms with Crippen LogP contribution in [0.5, 0.6) is 0 Å². The molecule has 6 heteroatoms. The highest BCUT2D eigenvalue weighted by atomic mass is 16.7. The number of furan rings is 1. The largest absolute Gasteiger partial charge is 0.459 e. The number of carbonyl (C=O) groups is 2. The second-order valence-electron chi connectivity index (χ2n) is 2.94. The lowest BCUT2D eigenvalue weighted by atomic mass is 10.4. The van der Waals surface area contributed by atoms with Crippen LogP contribution in [0.3, 0.4) is 0 Å². The van der Waals surface area contributed by atoms with Gasteiger partial charge >= 0.3 is 11.9 Å². The van der Waals surface area contributed by atoms with Crippen molar-refractivity contribution < 1.29 is 18.8 Å². The lowest BCUT2D eigenvalue weighted by Crippen LogP contribution is -2.42. The molecule has 0 unspecified atom stereocenters. The van der Waals surface area contributed by atoms with E-state index in [1.807, 2.05) is 0 Å². The number of rotatable bonds is 2. The highest BCUT2D eigenvalue weighted by Gasteiger charge is 2.26. The van der Waals surface area contributed by atoms with Crippen LogP contribution in [0, 0.1) is 0 Å². The molecule has 0 atom stereocenters. The topological polar surface area (TPSA) is 63.0 Å². The van der Waals surface area contributed by atoms with E-state index in [1.54, 1.807) is 6.07 Å². The molecule has 3 amide bonds. The van der Waals surface area contributed by atoms with Crippen LogP contribution in [0.2, 0.25) is 0 Å². The third-order valence-corrected chi connectivity index (χ3v) is 1.66. The van der Waals surface area contributed by atoms with Crippen molar-refractivity contribution in [2.75, 3.05) is 21.2 Å². The number of carbonyl (C=O) groups excluding carboxylic acids is 2. The normalized spacial score (nSPS) is 9.80. The molecule has 1 aromatic heterocycles. The molecule has 6 nitrogen and oxygen atoms in total. The van der Waals surface area contributed by atoms with Gasteiger partial charge in [0.1, 0.15) is 0 Å². The molecule has 0 aliphatic rings. The standard InChI is InChI=1S/C9H12N2O4/c1-10(2)9(13)11(14-3)8(12)7-5-4-6-15-7/h4-6H,1-3H3. The van der Waals surface area contributed by atoms with Crippen molar-refractivity contribution in [2.45, 2.75) is 0 Å². The lowest BCUT2D eigenvalue weighted by molar-refractivity contribution is -0.0671. The number of hydrogen-bond donors (Lipinski definition) is 0. The minimum atomic E-state index is -0.638. The summed E-state index contributed by atoms with van der Waals surface area (Å²) in [5, 5.41) is 0.624. The minimum Gasteiger partial charge on any atom is -0.459 e. The van der Waals surface area contributed by atoms with Crippen LogP contribution in [0.1, 0.15) is 10.6 Å². The molecule has 0 aliphatic carbocycles. The molecule has 0 aliphatic heterocycles. The number of urea groups is 1. The van der Waals surface area contributed by atoms with E-state index in [1.165, 1.54) is 38.4 Å². The summed E-state index contributed by atoms with van der Waals surface area (Å²) in [6, 6.07) is 2.44. The van der Waals surface area contributed by atoms with Gasteiger partial charge in [0.2, 0.25) is 0 Å². The van der Waals surface area contributed by atoms with E-state index in [0.717, 1.165) is 0 Å². The molecule has 1 heterocycles. The van der Waals surface area contributed by atoms with Crippen LogP contribution in [-0.2, 0) is 4.84 Å². The second kappa shape index (κ2) is 4.61. The average Bonchev–Trinajstić information content (AvgIpc) is 2.71. The van der Waals surface area contributed by atoms with Gasteiger partial charge < -0.3 is 9.32 Å². The fraction of sp³-hybridized carbons (Fsp3) is 0.333. The van der Waals surface area contributed by atoms with E-state index in [9.17, 15) is 9.59 Å². The highest BCUT2D eigenvalue weighted by molar-refractivity contribution is 6.01. The molecule has 0 spiro atoms. The summed E-state index contributed by atoms with van der Waals surface area (Å²) in [6.45, 7) is 0. The van der Waals surface area contributed by atoms with Crippen LogP contribution >= 0.6 is 0 Å². The van der Waals surface area contributed by atoms with Crippen molar-refractivity contribution in [1.29, 1.82) is 0 Å². The lowest BCUT2D eigenvalue weighted by Gasteiger charge is -2.20. The average molecular weight is 212 g/mol. The third kappa shape index (κ3) is 2.35. The molecule has 0 saturated heterocycles. The quantitative estimate of drug-likeness (QED) is 0.685. The Bertz CT molecular complexity index is 345. The first-order valence-corrected chi connectivity index (χ1v) is 4.21. The molecule has 1 aromatic rings. The van der Waals surface area contributed by atoms with Crippen molar-refractivity contribution in [2.24, 2.45) is 0 Å². The summed E-state index contributed by atoms with van der Waals surface area (Å²) in [6.07, 6.45) is 1.35. The fourth-order valence-corrected chi connectivity index (χ4v) is 0.930.